The van der Waals surface area contributed by atoms with Crippen molar-refractivity contribution in [1.29, 1.82) is 0 Å². The fourth-order valence-electron chi connectivity index (χ4n) is 0.681. The Morgan fingerprint density at radius 2 is 1.91 bits per heavy atom. The van der Waals surface area contributed by atoms with Gasteiger partial charge in [0.1, 0.15) is 0 Å². The first kappa shape index (κ1) is 10.6. The summed E-state index contributed by atoms with van der Waals surface area (Å²) in [7, 11) is 2.93. The van der Waals surface area contributed by atoms with E-state index in [4.69, 9.17) is 19.9 Å². The zero-order valence-electron chi connectivity index (χ0n) is 6.92. The van der Waals surface area contributed by atoms with Gasteiger partial charge in [-0.3, -0.25) is 0 Å². The molecule has 0 rings (SSSR count). The highest BCUT2D eigenvalue weighted by Gasteiger charge is 2.30. The van der Waals surface area contributed by atoms with Gasteiger partial charge in [0.05, 0.1) is 0 Å². The smallest absolute Gasteiger partial charge is 0.327 e. The lowest BCUT2D eigenvalue weighted by Gasteiger charge is -2.28. The molecule has 5 heteroatoms. The molecule has 0 atom stereocenters. The molecule has 0 amide bonds. The Hall–Kier alpha value is -0.390. The molecule has 0 aliphatic carbocycles. The predicted molar refractivity (Wildman–Crippen MR) is 44.9 cm³/mol. The highest BCUT2D eigenvalue weighted by atomic mass is 32.1. The summed E-state index contributed by atoms with van der Waals surface area (Å²) in [6.45, 7) is 1.84. The van der Waals surface area contributed by atoms with Crippen molar-refractivity contribution in [3.63, 3.8) is 0 Å². The lowest BCUT2D eigenvalue weighted by Crippen LogP contribution is -2.40. The van der Waals surface area contributed by atoms with E-state index in [0.717, 1.165) is 0 Å². The summed E-state index contributed by atoms with van der Waals surface area (Å²) in [5.41, 5.74) is 5.15. The summed E-state index contributed by atoms with van der Waals surface area (Å²) in [4.78, 5) is 0. The summed E-state index contributed by atoms with van der Waals surface area (Å²) < 4.78 is 14.8. The summed E-state index contributed by atoms with van der Waals surface area (Å²) in [5, 5.41) is -0.0875. The van der Waals surface area contributed by atoms with Crippen LogP contribution < -0.4 is 5.73 Å². The van der Waals surface area contributed by atoms with Crippen LogP contribution in [0, 0.1) is 0 Å². The zero-order chi connectivity index (χ0) is 8.91. The van der Waals surface area contributed by atoms with Crippen LogP contribution in [0.1, 0.15) is 13.3 Å². The maximum absolute atomic E-state index is 5.15. The molecule has 0 bridgehead atoms. The molecule has 0 unspecified atom stereocenters. The number of thiocarbonyl (C=S) groups is 1. The van der Waals surface area contributed by atoms with Gasteiger partial charge in [-0.25, -0.2) is 0 Å². The number of hydrogen-bond acceptors (Lipinski definition) is 4. The Labute approximate surface area is 71.6 Å². The van der Waals surface area contributed by atoms with Crippen LogP contribution >= 0.6 is 12.2 Å². The van der Waals surface area contributed by atoms with Crippen molar-refractivity contribution in [2.45, 2.75) is 19.3 Å². The Morgan fingerprint density at radius 1 is 1.45 bits per heavy atom. The third kappa shape index (κ3) is 3.00. The Balaban J connectivity index is 4.16. The Bertz CT molecular complexity index is 128. The molecule has 0 aliphatic rings. The molecule has 0 aromatic rings. The Kier molecular flexibility index (Phi) is 4.32. The van der Waals surface area contributed by atoms with Crippen molar-refractivity contribution >= 4 is 17.4 Å². The number of methoxy groups -OCH3 is 2. The fourth-order valence-corrected chi connectivity index (χ4v) is 0.808. The molecule has 0 saturated heterocycles. The quantitative estimate of drug-likeness (QED) is 0.506. The number of rotatable bonds is 4. The van der Waals surface area contributed by atoms with Crippen molar-refractivity contribution in [3.8, 4) is 0 Å². The first-order chi connectivity index (χ1) is 5.10. The second-order valence-electron chi connectivity index (χ2n) is 1.87. The third-order valence-electron chi connectivity index (χ3n) is 1.31. The van der Waals surface area contributed by atoms with Crippen molar-refractivity contribution in [1.82, 2.24) is 0 Å². The van der Waals surface area contributed by atoms with E-state index in [1.807, 2.05) is 6.92 Å². The minimum absolute atomic E-state index is 0.0875. The van der Waals surface area contributed by atoms with E-state index in [9.17, 15) is 0 Å². The largest absolute Gasteiger partial charge is 0.414 e. The summed E-state index contributed by atoms with van der Waals surface area (Å²) in [6.07, 6.45) is 0.511. The minimum Gasteiger partial charge on any atom is -0.414 e. The van der Waals surface area contributed by atoms with Crippen LogP contribution in [0.4, 0.5) is 0 Å². The molecule has 66 valence electrons. The molecule has 2 N–H and O–H groups in total. The van der Waals surface area contributed by atoms with E-state index in [1.165, 1.54) is 14.2 Å². The first-order valence-corrected chi connectivity index (χ1v) is 3.59. The Morgan fingerprint density at radius 3 is 2.00 bits per heavy atom. The fraction of sp³-hybridized carbons (Fsp3) is 0.833. The molecule has 0 aromatic heterocycles. The van der Waals surface area contributed by atoms with Gasteiger partial charge in [-0.05, 0) is 12.2 Å². The number of nitrogens with two attached hydrogens (primary N) is 1. The normalized spacial score (nSPS) is 11.2. The highest BCUT2D eigenvalue weighted by molar-refractivity contribution is 7.80. The molecule has 0 aromatic carbocycles. The molecule has 0 saturated carbocycles. The lowest BCUT2D eigenvalue weighted by molar-refractivity contribution is -0.329. The van der Waals surface area contributed by atoms with Gasteiger partial charge in [-0.2, -0.15) is 0 Å². The third-order valence-corrected chi connectivity index (χ3v) is 1.39. The molecule has 0 heterocycles. The maximum atomic E-state index is 5.15. The zero-order valence-corrected chi connectivity index (χ0v) is 7.73. The molecule has 0 fully saturated rings. The summed E-state index contributed by atoms with van der Waals surface area (Å²) >= 11 is 4.54. The van der Waals surface area contributed by atoms with Gasteiger partial charge in [0, 0.05) is 20.6 Å². The average Bonchev–Trinajstić information content (AvgIpc) is 2.00. The summed E-state index contributed by atoms with van der Waals surface area (Å²) in [6, 6.07) is 0. The van der Waals surface area contributed by atoms with Gasteiger partial charge in [0.25, 0.3) is 5.17 Å². The van der Waals surface area contributed by atoms with Gasteiger partial charge < -0.3 is 19.9 Å². The van der Waals surface area contributed by atoms with Crippen LogP contribution in [0.3, 0.4) is 0 Å². The standard InChI is InChI=1S/C6H13NO3S/c1-4-6(8-2,9-3)10-5(7)11/h4H2,1-3H3,(H2,7,11). The van der Waals surface area contributed by atoms with Gasteiger partial charge >= 0.3 is 5.97 Å². The molecule has 4 nitrogen and oxygen atoms in total. The maximum Gasteiger partial charge on any atom is 0.327 e. The van der Waals surface area contributed by atoms with Gasteiger partial charge in [-0.15, -0.1) is 0 Å². The summed E-state index contributed by atoms with van der Waals surface area (Å²) in [5.74, 6) is -1.12. The van der Waals surface area contributed by atoms with Crippen molar-refractivity contribution in [2.75, 3.05) is 14.2 Å². The topological polar surface area (TPSA) is 53.7 Å². The number of ether oxygens (including phenoxy) is 3. The van der Waals surface area contributed by atoms with E-state index < -0.39 is 5.97 Å². The van der Waals surface area contributed by atoms with Crippen LogP contribution in [-0.4, -0.2) is 25.4 Å². The van der Waals surface area contributed by atoms with Crippen LogP contribution in [0.15, 0.2) is 0 Å². The first-order valence-electron chi connectivity index (χ1n) is 3.19. The molecule has 0 radical (unpaired) electrons. The van der Waals surface area contributed by atoms with Crippen LogP contribution in [-0.2, 0) is 14.2 Å². The van der Waals surface area contributed by atoms with Crippen molar-refractivity contribution in [2.24, 2.45) is 5.73 Å². The second-order valence-corrected chi connectivity index (χ2v) is 2.27. The average molecular weight is 179 g/mol. The van der Waals surface area contributed by atoms with E-state index in [-0.39, 0.29) is 5.17 Å². The van der Waals surface area contributed by atoms with Gasteiger partial charge in [0.15, 0.2) is 0 Å². The van der Waals surface area contributed by atoms with E-state index in [2.05, 4.69) is 12.2 Å². The van der Waals surface area contributed by atoms with E-state index in [1.54, 1.807) is 0 Å². The molecule has 11 heavy (non-hydrogen) atoms. The van der Waals surface area contributed by atoms with Gasteiger partial charge in [0.2, 0.25) is 0 Å². The molecule has 0 aliphatic heterocycles. The minimum atomic E-state index is -1.12. The lowest BCUT2D eigenvalue weighted by atomic mass is 10.4. The van der Waals surface area contributed by atoms with Crippen LogP contribution in [0.5, 0.6) is 0 Å². The highest BCUT2D eigenvalue weighted by Crippen LogP contribution is 2.16. The second kappa shape index (κ2) is 4.48. The van der Waals surface area contributed by atoms with Crippen LogP contribution in [0.25, 0.3) is 0 Å². The van der Waals surface area contributed by atoms with Gasteiger partial charge in [-0.1, -0.05) is 6.92 Å². The van der Waals surface area contributed by atoms with Crippen LogP contribution in [0.2, 0.25) is 0 Å². The van der Waals surface area contributed by atoms with Crippen molar-refractivity contribution < 1.29 is 14.2 Å². The van der Waals surface area contributed by atoms with E-state index >= 15 is 0 Å². The number of hydrogen-bond donors (Lipinski definition) is 1. The predicted octanol–water partition coefficient (Wildman–Crippen LogP) is 0.603. The van der Waals surface area contributed by atoms with E-state index in [0.29, 0.717) is 6.42 Å². The molecular weight excluding hydrogens is 166 g/mol. The SMILES string of the molecule is CCC(OC)(OC)OC(N)=S. The molecular formula is C6H13NO3S. The van der Waals surface area contributed by atoms with Crippen molar-refractivity contribution in [3.05, 3.63) is 0 Å². The molecule has 0 spiro atoms. The monoisotopic (exact) mass is 179 g/mol.